The number of likely N-dealkylation sites (tertiary alicyclic amines) is 1. The maximum absolute atomic E-state index is 12.9. The lowest BCUT2D eigenvalue weighted by Crippen LogP contribution is -2.39. The van der Waals surface area contributed by atoms with E-state index < -0.39 is 10.0 Å². The van der Waals surface area contributed by atoms with Crippen LogP contribution in [-0.4, -0.2) is 78.3 Å². The Kier molecular flexibility index (Phi) is 7.43. The van der Waals surface area contributed by atoms with Crippen LogP contribution < -0.4 is 5.32 Å². The van der Waals surface area contributed by atoms with Crippen LogP contribution in [0, 0.1) is 0 Å². The van der Waals surface area contributed by atoms with Crippen LogP contribution in [0.3, 0.4) is 0 Å². The van der Waals surface area contributed by atoms with E-state index in [2.05, 4.69) is 20.5 Å². The molecule has 166 valence electrons. The van der Waals surface area contributed by atoms with Gasteiger partial charge in [-0.25, -0.2) is 13.1 Å². The fourth-order valence-corrected chi connectivity index (χ4v) is 4.85. The summed E-state index contributed by atoms with van der Waals surface area (Å²) in [7, 11) is -2.38. The number of hydrogen-bond donors (Lipinski definition) is 1. The molecule has 0 unspecified atom stereocenters. The molecule has 1 fully saturated rings. The predicted molar refractivity (Wildman–Crippen MR) is 116 cm³/mol. The van der Waals surface area contributed by atoms with Crippen LogP contribution in [0.25, 0.3) is 11.0 Å². The lowest BCUT2D eigenvalue weighted by molar-refractivity contribution is -0.121. The SMILES string of the molecule is CC(C)n1nnc2cc(S(=O)(=O)N(C)CC(=O)NCCCN3CCCCC3)ccc21. The fraction of sp³-hybridized carbons (Fsp3) is 0.650. The van der Waals surface area contributed by atoms with Crippen LogP contribution in [-0.2, 0) is 14.8 Å². The van der Waals surface area contributed by atoms with E-state index in [0.717, 1.165) is 35.9 Å². The highest BCUT2D eigenvalue weighted by Crippen LogP contribution is 2.21. The average Bonchev–Trinajstić information content (AvgIpc) is 3.15. The zero-order chi connectivity index (χ0) is 21.7. The summed E-state index contributed by atoms with van der Waals surface area (Å²) in [6, 6.07) is 4.87. The van der Waals surface area contributed by atoms with Gasteiger partial charge in [0, 0.05) is 19.6 Å². The molecular weight excluding hydrogens is 404 g/mol. The molecule has 2 heterocycles. The molecule has 10 heteroatoms. The van der Waals surface area contributed by atoms with Gasteiger partial charge >= 0.3 is 0 Å². The number of nitrogens with zero attached hydrogens (tertiary/aromatic N) is 5. The van der Waals surface area contributed by atoms with Crippen LogP contribution >= 0.6 is 0 Å². The highest BCUT2D eigenvalue weighted by Gasteiger charge is 2.24. The largest absolute Gasteiger partial charge is 0.355 e. The molecular formula is C20H32N6O3S. The molecule has 0 aliphatic carbocycles. The van der Waals surface area contributed by atoms with Gasteiger partial charge in [-0.3, -0.25) is 4.79 Å². The standard InChI is InChI=1S/C20H32N6O3S/c1-16(2)26-19-9-8-17(14-18(19)22-23-26)30(28,29)24(3)15-20(27)21-10-7-13-25-11-5-4-6-12-25/h8-9,14,16H,4-7,10-13,15H2,1-3H3,(H,21,27). The monoisotopic (exact) mass is 436 g/mol. The van der Waals surface area contributed by atoms with Crippen molar-refractivity contribution >= 4 is 27.0 Å². The van der Waals surface area contributed by atoms with Crippen LogP contribution in [0.5, 0.6) is 0 Å². The first kappa shape index (κ1) is 22.6. The molecule has 3 rings (SSSR count). The Morgan fingerprint density at radius 3 is 2.67 bits per heavy atom. The highest BCUT2D eigenvalue weighted by molar-refractivity contribution is 7.89. The summed E-state index contributed by atoms with van der Waals surface area (Å²) in [5.74, 6) is -0.299. The lowest BCUT2D eigenvalue weighted by Gasteiger charge is -2.26. The number of fused-ring (bicyclic) bond motifs is 1. The Bertz CT molecular complexity index is 966. The summed E-state index contributed by atoms with van der Waals surface area (Å²) in [6.45, 7) is 7.52. The molecule has 1 saturated heterocycles. The number of carbonyl (C=O) groups excluding carboxylic acids is 1. The summed E-state index contributed by atoms with van der Waals surface area (Å²) in [5.41, 5.74) is 1.29. The lowest BCUT2D eigenvalue weighted by atomic mass is 10.1. The number of sulfonamides is 1. The second-order valence-electron chi connectivity index (χ2n) is 8.15. The topological polar surface area (TPSA) is 100 Å². The minimum Gasteiger partial charge on any atom is -0.355 e. The normalized spacial score (nSPS) is 15.9. The first-order chi connectivity index (χ1) is 14.3. The molecule has 0 saturated carbocycles. The average molecular weight is 437 g/mol. The van der Waals surface area contributed by atoms with E-state index in [9.17, 15) is 13.2 Å². The fourth-order valence-electron chi connectivity index (χ4n) is 3.70. The molecule has 0 spiro atoms. The van der Waals surface area contributed by atoms with E-state index >= 15 is 0 Å². The van der Waals surface area contributed by atoms with Gasteiger partial charge in [0.25, 0.3) is 0 Å². The minimum absolute atomic E-state index is 0.103. The molecule has 1 N–H and O–H groups in total. The molecule has 1 aliphatic heterocycles. The van der Waals surface area contributed by atoms with Crippen LogP contribution in [0.1, 0.15) is 45.6 Å². The first-order valence-corrected chi connectivity index (χ1v) is 12.0. The van der Waals surface area contributed by atoms with Crippen molar-refractivity contribution in [2.45, 2.75) is 50.5 Å². The number of aromatic nitrogens is 3. The van der Waals surface area contributed by atoms with E-state index in [1.165, 1.54) is 38.4 Å². The number of nitrogens with one attached hydrogen (secondary N) is 1. The third-order valence-electron chi connectivity index (χ3n) is 5.43. The summed E-state index contributed by atoms with van der Waals surface area (Å²) in [5, 5.41) is 11.0. The Hall–Kier alpha value is -2.04. The van der Waals surface area contributed by atoms with E-state index in [1.54, 1.807) is 10.7 Å². The Morgan fingerprint density at radius 1 is 1.23 bits per heavy atom. The zero-order valence-corrected chi connectivity index (χ0v) is 18.9. The van der Waals surface area contributed by atoms with E-state index in [4.69, 9.17) is 0 Å². The number of hydrogen-bond acceptors (Lipinski definition) is 6. The van der Waals surface area contributed by atoms with Crippen molar-refractivity contribution in [3.05, 3.63) is 18.2 Å². The number of benzene rings is 1. The van der Waals surface area contributed by atoms with Crippen molar-refractivity contribution < 1.29 is 13.2 Å². The van der Waals surface area contributed by atoms with Crippen molar-refractivity contribution in [3.63, 3.8) is 0 Å². The summed E-state index contributed by atoms with van der Waals surface area (Å²) >= 11 is 0. The molecule has 0 bridgehead atoms. The maximum atomic E-state index is 12.9. The molecule has 1 aliphatic rings. The number of amides is 1. The maximum Gasteiger partial charge on any atom is 0.243 e. The van der Waals surface area contributed by atoms with Gasteiger partial charge in [0.1, 0.15) is 5.52 Å². The predicted octanol–water partition coefficient (Wildman–Crippen LogP) is 1.62. The van der Waals surface area contributed by atoms with Gasteiger partial charge in [-0.1, -0.05) is 11.6 Å². The highest BCUT2D eigenvalue weighted by atomic mass is 32.2. The van der Waals surface area contributed by atoms with Gasteiger partial charge in [0.15, 0.2) is 0 Å². The molecule has 1 aromatic carbocycles. The Morgan fingerprint density at radius 2 is 1.97 bits per heavy atom. The van der Waals surface area contributed by atoms with Crippen LogP contribution in [0.15, 0.2) is 23.1 Å². The van der Waals surface area contributed by atoms with Crippen LogP contribution in [0.2, 0.25) is 0 Å². The third-order valence-corrected chi connectivity index (χ3v) is 7.23. The van der Waals surface area contributed by atoms with Gasteiger partial charge in [-0.05, 0) is 70.9 Å². The zero-order valence-electron chi connectivity index (χ0n) is 18.0. The number of likely N-dealkylation sites (N-methyl/N-ethyl adjacent to an activating group) is 1. The molecule has 0 atom stereocenters. The van der Waals surface area contributed by atoms with Gasteiger partial charge in [0.05, 0.1) is 17.0 Å². The Balaban J connectivity index is 1.53. The summed E-state index contributed by atoms with van der Waals surface area (Å²) in [4.78, 5) is 14.7. The molecule has 2 aromatic rings. The number of rotatable bonds is 9. The van der Waals surface area contributed by atoms with Crippen molar-refractivity contribution in [1.82, 2.24) is 29.5 Å². The second kappa shape index (κ2) is 9.84. The van der Waals surface area contributed by atoms with Crippen molar-refractivity contribution in [2.24, 2.45) is 0 Å². The first-order valence-electron chi connectivity index (χ1n) is 10.6. The Labute approximate surface area is 178 Å². The third kappa shape index (κ3) is 5.35. The molecule has 0 radical (unpaired) electrons. The van der Waals surface area contributed by atoms with Gasteiger partial charge < -0.3 is 10.2 Å². The summed E-state index contributed by atoms with van der Waals surface area (Å²) < 4.78 is 28.6. The molecule has 1 amide bonds. The van der Waals surface area contributed by atoms with Crippen LogP contribution in [0.4, 0.5) is 0 Å². The second-order valence-corrected chi connectivity index (χ2v) is 10.2. The number of piperidine rings is 1. The van der Waals surface area contributed by atoms with Crippen molar-refractivity contribution in [2.75, 3.05) is 39.8 Å². The minimum atomic E-state index is -3.80. The van der Waals surface area contributed by atoms with Gasteiger partial charge in [-0.2, -0.15) is 4.31 Å². The molecule has 30 heavy (non-hydrogen) atoms. The van der Waals surface area contributed by atoms with Crippen molar-refractivity contribution in [1.29, 1.82) is 0 Å². The van der Waals surface area contributed by atoms with Crippen molar-refractivity contribution in [3.8, 4) is 0 Å². The smallest absolute Gasteiger partial charge is 0.243 e. The molecule has 9 nitrogen and oxygen atoms in total. The van der Waals surface area contributed by atoms with Gasteiger partial charge in [-0.15, -0.1) is 5.10 Å². The molecule has 1 aromatic heterocycles. The van der Waals surface area contributed by atoms with Gasteiger partial charge in [0.2, 0.25) is 15.9 Å². The van der Waals surface area contributed by atoms with E-state index in [-0.39, 0.29) is 23.4 Å². The van der Waals surface area contributed by atoms with E-state index in [1.807, 2.05) is 13.8 Å². The summed E-state index contributed by atoms with van der Waals surface area (Å²) in [6.07, 6.45) is 4.66. The number of carbonyl (C=O) groups is 1. The van der Waals surface area contributed by atoms with E-state index in [0.29, 0.717) is 12.1 Å². The quantitative estimate of drug-likeness (QED) is 0.600.